The van der Waals surface area contributed by atoms with E-state index in [2.05, 4.69) is 20.8 Å². The average molecular weight is 397 g/mol. The Labute approximate surface area is 158 Å². The number of anilines is 2. The van der Waals surface area contributed by atoms with E-state index in [1.54, 1.807) is 31.2 Å². The molecule has 10 heteroatoms. The van der Waals surface area contributed by atoms with E-state index >= 15 is 0 Å². The Kier molecular flexibility index (Phi) is 7.49. The van der Waals surface area contributed by atoms with E-state index in [1.165, 1.54) is 11.3 Å². The van der Waals surface area contributed by atoms with Crippen molar-refractivity contribution in [2.24, 2.45) is 0 Å². The SMILES string of the molecule is Cc1nnc(NC(=O)CCCC(=O)OCC(=O)Nc2ccccc2Cl)s1. The lowest BCUT2D eigenvalue weighted by atomic mass is 10.2. The zero-order chi connectivity index (χ0) is 18.9. The van der Waals surface area contributed by atoms with Crippen LogP contribution >= 0.6 is 22.9 Å². The zero-order valence-corrected chi connectivity index (χ0v) is 15.5. The van der Waals surface area contributed by atoms with Gasteiger partial charge in [-0.2, -0.15) is 0 Å². The van der Waals surface area contributed by atoms with E-state index in [-0.39, 0.29) is 18.7 Å². The Morgan fingerprint density at radius 1 is 1.12 bits per heavy atom. The molecule has 1 aromatic carbocycles. The summed E-state index contributed by atoms with van der Waals surface area (Å²) in [5, 5.41) is 14.3. The number of benzene rings is 1. The lowest BCUT2D eigenvalue weighted by Gasteiger charge is -2.07. The van der Waals surface area contributed by atoms with Crippen molar-refractivity contribution in [1.29, 1.82) is 0 Å². The van der Waals surface area contributed by atoms with Crippen molar-refractivity contribution in [3.05, 3.63) is 34.3 Å². The topological polar surface area (TPSA) is 110 Å². The van der Waals surface area contributed by atoms with Crippen molar-refractivity contribution < 1.29 is 19.1 Å². The van der Waals surface area contributed by atoms with Crippen molar-refractivity contribution in [3.8, 4) is 0 Å². The molecule has 26 heavy (non-hydrogen) atoms. The Balaban J connectivity index is 1.62. The molecular formula is C16H17ClN4O4S. The number of para-hydroxylation sites is 1. The number of esters is 1. The van der Waals surface area contributed by atoms with Crippen LogP contribution in [0.2, 0.25) is 5.02 Å². The van der Waals surface area contributed by atoms with Gasteiger partial charge >= 0.3 is 5.97 Å². The minimum absolute atomic E-state index is 0.0297. The van der Waals surface area contributed by atoms with Crippen LogP contribution in [0.5, 0.6) is 0 Å². The third-order valence-electron chi connectivity index (χ3n) is 3.07. The predicted molar refractivity (Wildman–Crippen MR) is 98.2 cm³/mol. The first-order chi connectivity index (χ1) is 12.4. The Bertz CT molecular complexity index is 796. The summed E-state index contributed by atoms with van der Waals surface area (Å²) in [5.74, 6) is -1.31. The first-order valence-electron chi connectivity index (χ1n) is 7.74. The van der Waals surface area contributed by atoms with Gasteiger partial charge in [0.25, 0.3) is 5.91 Å². The molecular weight excluding hydrogens is 380 g/mol. The summed E-state index contributed by atoms with van der Waals surface area (Å²) in [6.45, 7) is 1.37. The molecule has 2 rings (SSSR count). The summed E-state index contributed by atoms with van der Waals surface area (Å²) >= 11 is 7.19. The van der Waals surface area contributed by atoms with Gasteiger partial charge in [-0.1, -0.05) is 35.1 Å². The number of nitrogens with zero attached hydrogens (tertiary/aromatic N) is 2. The van der Waals surface area contributed by atoms with Crippen molar-refractivity contribution in [2.45, 2.75) is 26.2 Å². The minimum atomic E-state index is -0.557. The molecule has 0 aliphatic heterocycles. The maximum Gasteiger partial charge on any atom is 0.306 e. The van der Waals surface area contributed by atoms with Gasteiger partial charge < -0.3 is 15.4 Å². The fraction of sp³-hybridized carbons (Fsp3) is 0.312. The molecule has 0 fully saturated rings. The highest BCUT2D eigenvalue weighted by Gasteiger charge is 2.11. The number of halogens is 1. The maximum atomic E-state index is 11.7. The summed E-state index contributed by atoms with van der Waals surface area (Å²) in [6, 6.07) is 6.74. The quantitative estimate of drug-likeness (QED) is 0.664. The van der Waals surface area contributed by atoms with Gasteiger partial charge in [0.15, 0.2) is 6.61 Å². The van der Waals surface area contributed by atoms with Gasteiger partial charge in [-0.05, 0) is 25.5 Å². The van der Waals surface area contributed by atoms with E-state index in [9.17, 15) is 14.4 Å². The standard InChI is InChI=1S/C16H17ClN4O4S/c1-10-20-21-16(26-10)19-13(22)7-4-8-15(24)25-9-14(23)18-12-6-3-2-5-11(12)17/h2-3,5-6H,4,7-9H2,1H3,(H,18,23)(H,19,21,22). The maximum absolute atomic E-state index is 11.7. The number of carbonyl (C=O) groups is 3. The van der Waals surface area contributed by atoms with Crippen molar-refractivity contribution in [2.75, 3.05) is 17.2 Å². The Hall–Kier alpha value is -2.52. The van der Waals surface area contributed by atoms with Crippen LogP contribution in [-0.2, 0) is 19.1 Å². The number of hydrogen-bond donors (Lipinski definition) is 2. The Morgan fingerprint density at radius 3 is 2.58 bits per heavy atom. The second-order valence-corrected chi connectivity index (χ2v) is 6.81. The molecule has 0 saturated carbocycles. The summed E-state index contributed by atoms with van der Waals surface area (Å²) in [5.41, 5.74) is 0.443. The summed E-state index contributed by atoms with van der Waals surface area (Å²) < 4.78 is 4.87. The van der Waals surface area contributed by atoms with Gasteiger partial charge in [0.05, 0.1) is 10.7 Å². The van der Waals surface area contributed by atoms with E-state index < -0.39 is 18.5 Å². The van der Waals surface area contributed by atoms with Gasteiger partial charge in [0, 0.05) is 12.8 Å². The molecule has 0 spiro atoms. The highest BCUT2D eigenvalue weighted by atomic mass is 35.5. The van der Waals surface area contributed by atoms with Crippen molar-refractivity contribution >= 4 is 51.5 Å². The summed E-state index contributed by atoms with van der Waals surface area (Å²) in [4.78, 5) is 35.1. The second-order valence-electron chi connectivity index (χ2n) is 5.22. The van der Waals surface area contributed by atoms with Crippen molar-refractivity contribution in [3.63, 3.8) is 0 Å². The molecule has 1 heterocycles. The molecule has 0 bridgehead atoms. The van der Waals surface area contributed by atoms with E-state index in [4.69, 9.17) is 16.3 Å². The van der Waals surface area contributed by atoms with Crippen LogP contribution in [0.15, 0.2) is 24.3 Å². The fourth-order valence-corrected chi connectivity index (χ4v) is 2.68. The van der Waals surface area contributed by atoms with Gasteiger partial charge in [-0.25, -0.2) is 0 Å². The van der Waals surface area contributed by atoms with Gasteiger partial charge in [0.1, 0.15) is 5.01 Å². The third-order valence-corrected chi connectivity index (χ3v) is 4.15. The number of aryl methyl sites for hydroxylation is 1. The van der Waals surface area contributed by atoms with Crippen LogP contribution in [0, 0.1) is 6.92 Å². The summed E-state index contributed by atoms with van der Waals surface area (Å²) in [6.07, 6.45) is 0.468. The number of ether oxygens (including phenoxy) is 1. The van der Waals surface area contributed by atoms with E-state index in [1.807, 2.05) is 0 Å². The van der Waals surface area contributed by atoms with Crippen LogP contribution < -0.4 is 10.6 Å². The number of amides is 2. The highest BCUT2D eigenvalue weighted by molar-refractivity contribution is 7.15. The zero-order valence-electron chi connectivity index (χ0n) is 14.0. The minimum Gasteiger partial charge on any atom is -0.456 e. The normalized spacial score (nSPS) is 10.2. The van der Waals surface area contributed by atoms with E-state index in [0.717, 1.165) is 5.01 Å². The molecule has 1 aromatic heterocycles. The molecule has 0 aliphatic rings. The number of nitrogens with one attached hydrogen (secondary N) is 2. The van der Waals surface area contributed by atoms with Crippen LogP contribution in [0.4, 0.5) is 10.8 Å². The van der Waals surface area contributed by atoms with Gasteiger partial charge in [-0.15, -0.1) is 10.2 Å². The molecule has 0 aliphatic carbocycles. The van der Waals surface area contributed by atoms with Crippen LogP contribution in [0.1, 0.15) is 24.3 Å². The molecule has 0 saturated heterocycles. The number of aromatic nitrogens is 2. The highest BCUT2D eigenvalue weighted by Crippen LogP contribution is 2.20. The van der Waals surface area contributed by atoms with Crippen LogP contribution in [0.25, 0.3) is 0 Å². The van der Waals surface area contributed by atoms with Gasteiger partial charge in [-0.3, -0.25) is 14.4 Å². The lowest BCUT2D eigenvalue weighted by molar-refractivity contribution is -0.147. The van der Waals surface area contributed by atoms with Crippen molar-refractivity contribution in [1.82, 2.24) is 10.2 Å². The summed E-state index contributed by atoms with van der Waals surface area (Å²) in [7, 11) is 0. The first-order valence-corrected chi connectivity index (χ1v) is 8.93. The molecule has 2 aromatic rings. The second kappa shape index (κ2) is 9.83. The Morgan fingerprint density at radius 2 is 1.88 bits per heavy atom. The number of hydrogen-bond acceptors (Lipinski definition) is 7. The predicted octanol–water partition coefficient (Wildman–Crippen LogP) is 2.79. The third kappa shape index (κ3) is 6.77. The lowest BCUT2D eigenvalue weighted by Crippen LogP contribution is -2.21. The van der Waals surface area contributed by atoms with E-state index in [0.29, 0.717) is 22.3 Å². The fourth-order valence-electron chi connectivity index (χ4n) is 1.89. The average Bonchev–Trinajstić information content (AvgIpc) is 3.00. The molecule has 0 radical (unpaired) electrons. The number of carbonyl (C=O) groups excluding carboxylic acids is 3. The molecule has 2 amide bonds. The monoisotopic (exact) mass is 396 g/mol. The molecule has 8 nitrogen and oxygen atoms in total. The molecule has 0 atom stereocenters. The molecule has 0 unspecified atom stereocenters. The first kappa shape index (κ1) is 19.8. The van der Waals surface area contributed by atoms with Crippen LogP contribution in [0.3, 0.4) is 0 Å². The molecule has 2 N–H and O–H groups in total. The largest absolute Gasteiger partial charge is 0.456 e. The number of rotatable bonds is 8. The van der Waals surface area contributed by atoms with Crippen LogP contribution in [-0.4, -0.2) is 34.6 Å². The smallest absolute Gasteiger partial charge is 0.306 e. The van der Waals surface area contributed by atoms with Gasteiger partial charge in [0.2, 0.25) is 11.0 Å². The molecule has 138 valence electrons.